The van der Waals surface area contributed by atoms with E-state index in [1.165, 1.54) is 17.8 Å². The van der Waals surface area contributed by atoms with E-state index in [1.807, 2.05) is 24.9 Å². The monoisotopic (exact) mass is 304 g/mol. The fraction of sp³-hybridized carbons (Fsp3) is 0.467. The van der Waals surface area contributed by atoms with Crippen LogP contribution in [-0.2, 0) is 0 Å². The summed E-state index contributed by atoms with van der Waals surface area (Å²) >= 11 is 1.37. The highest BCUT2D eigenvalue weighted by Crippen LogP contribution is 2.34. The molecule has 0 bridgehead atoms. The molecule has 0 radical (unpaired) electrons. The predicted molar refractivity (Wildman–Crippen MR) is 86.4 cm³/mol. The van der Waals surface area contributed by atoms with Crippen LogP contribution in [0.25, 0.3) is 10.2 Å². The molecule has 5 nitrogen and oxygen atoms in total. The number of hydrogen-bond acceptors (Lipinski definition) is 5. The summed E-state index contributed by atoms with van der Waals surface area (Å²) in [6, 6.07) is 2.00. The van der Waals surface area contributed by atoms with E-state index in [2.05, 4.69) is 10.4 Å². The smallest absolute Gasteiger partial charge is 0.277 e. The maximum atomic E-state index is 12.4. The number of amides is 1. The molecule has 0 spiro atoms. The lowest BCUT2D eigenvalue weighted by atomic mass is 10.1. The summed E-state index contributed by atoms with van der Waals surface area (Å²) in [4.78, 5) is 18.3. The van der Waals surface area contributed by atoms with Crippen molar-refractivity contribution in [3.8, 4) is 0 Å². The van der Waals surface area contributed by atoms with E-state index in [1.54, 1.807) is 0 Å². The molecule has 1 fully saturated rings. The Bertz CT molecular complexity index is 689. The van der Waals surface area contributed by atoms with E-state index < -0.39 is 0 Å². The SMILES string of the molecule is Cc1cc(C)c2c(N)c(C(=O)NN3CCCCC3)sc2n1. The lowest BCUT2D eigenvalue weighted by Crippen LogP contribution is -2.44. The second kappa shape index (κ2) is 5.61. The third-order valence-electron chi connectivity index (χ3n) is 3.85. The third kappa shape index (κ3) is 2.73. The Balaban J connectivity index is 1.91. The van der Waals surface area contributed by atoms with Gasteiger partial charge < -0.3 is 5.73 Å². The molecule has 1 amide bonds. The number of hydrazine groups is 1. The Kier molecular flexibility index (Phi) is 3.82. The van der Waals surface area contributed by atoms with Crippen molar-refractivity contribution in [1.29, 1.82) is 0 Å². The summed E-state index contributed by atoms with van der Waals surface area (Å²) in [5, 5.41) is 2.90. The van der Waals surface area contributed by atoms with Crippen molar-refractivity contribution in [3.05, 3.63) is 22.2 Å². The van der Waals surface area contributed by atoms with Crippen molar-refractivity contribution >= 4 is 33.1 Å². The minimum Gasteiger partial charge on any atom is -0.397 e. The Morgan fingerprint density at radius 2 is 2.05 bits per heavy atom. The quantitative estimate of drug-likeness (QED) is 0.894. The lowest BCUT2D eigenvalue weighted by Gasteiger charge is -2.26. The lowest BCUT2D eigenvalue weighted by molar-refractivity contribution is 0.0755. The number of anilines is 1. The minimum atomic E-state index is -0.116. The van der Waals surface area contributed by atoms with E-state index in [0.717, 1.165) is 47.4 Å². The molecule has 1 aliphatic rings. The van der Waals surface area contributed by atoms with Crippen LogP contribution in [0, 0.1) is 13.8 Å². The van der Waals surface area contributed by atoms with Crippen LogP contribution in [-0.4, -0.2) is 29.0 Å². The molecule has 0 atom stereocenters. The Morgan fingerprint density at radius 1 is 1.33 bits per heavy atom. The molecule has 1 aliphatic heterocycles. The van der Waals surface area contributed by atoms with Crippen LogP contribution in [0.4, 0.5) is 5.69 Å². The van der Waals surface area contributed by atoms with Gasteiger partial charge in [0, 0.05) is 24.2 Å². The largest absolute Gasteiger partial charge is 0.397 e. The highest BCUT2D eigenvalue weighted by Gasteiger charge is 2.21. The fourth-order valence-corrected chi connectivity index (χ4v) is 3.94. The number of nitrogens with zero attached hydrogens (tertiary/aromatic N) is 2. The van der Waals surface area contributed by atoms with E-state index in [9.17, 15) is 4.79 Å². The Morgan fingerprint density at radius 3 is 2.76 bits per heavy atom. The van der Waals surface area contributed by atoms with Crippen molar-refractivity contribution in [2.45, 2.75) is 33.1 Å². The summed E-state index contributed by atoms with van der Waals surface area (Å²) in [5.41, 5.74) is 11.7. The number of carbonyl (C=O) groups is 1. The van der Waals surface area contributed by atoms with Gasteiger partial charge in [-0.1, -0.05) is 6.42 Å². The topological polar surface area (TPSA) is 71.2 Å². The van der Waals surface area contributed by atoms with Gasteiger partial charge in [0.2, 0.25) is 0 Å². The van der Waals surface area contributed by atoms with Crippen molar-refractivity contribution in [2.24, 2.45) is 0 Å². The van der Waals surface area contributed by atoms with E-state index >= 15 is 0 Å². The van der Waals surface area contributed by atoms with Crippen LogP contribution >= 0.6 is 11.3 Å². The number of rotatable bonds is 2. The van der Waals surface area contributed by atoms with Crippen LogP contribution < -0.4 is 11.2 Å². The van der Waals surface area contributed by atoms with Crippen molar-refractivity contribution in [1.82, 2.24) is 15.4 Å². The number of nitrogens with one attached hydrogen (secondary N) is 1. The highest BCUT2D eigenvalue weighted by atomic mass is 32.1. The first kappa shape index (κ1) is 14.3. The molecule has 112 valence electrons. The third-order valence-corrected chi connectivity index (χ3v) is 4.94. The maximum absolute atomic E-state index is 12.4. The molecule has 2 aromatic heterocycles. The number of aryl methyl sites for hydroxylation is 2. The van der Waals surface area contributed by atoms with Gasteiger partial charge in [-0.05, 0) is 38.3 Å². The summed E-state index contributed by atoms with van der Waals surface area (Å²) < 4.78 is 0. The molecule has 6 heteroatoms. The van der Waals surface area contributed by atoms with Crippen LogP contribution in [0.2, 0.25) is 0 Å². The van der Waals surface area contributed by atoms with E-state index in [0.29, 0.717) is 10.6 Å². The van der Waals surface area contributed by atoms with Gasteiger partial charge in [-0.15, -0.1) is 11.3 Å². The van der Waals surface area contributed by atoms with Gasteiger partial charge in [-0.3, -0.25) is 10.2 Å². The molecule has 3 N–H and O–H groups in total. The molecule has 3 heterocycles. The number of aromatic nitrogens is 1. The number of nitrogen functional groups attached to an aromatic ring is 1. The molecule has 0 aromatic carbocycles. The Labute approximate surface area is 128 Å². The summed E-state index contributed by atoms with van der Waals surface area (Å²) in [6.07, 6.45) is 3.49. The van der Waals surface area contributed by atoms with Gasteiger partial charge in [0.05, 0.1) is 5.69 Å². The van der Waals surface area contributed by atoms with Crippen LogP contribution in [0.15, 0.2) is 6.07 Å². The van der Waals surface area contributed by atoms with Gasteiger partial charge >= 0.3 is 0 Å². The number of fused-ring (bicyclic) bond motifs is 1. The van der Waals surface area contributed by atoms with Crippen LogP contribution in [0.3, 0.4) is 0 Å². The second-order valence-electron chi connectivity index (χ2n) is 5.59. The van der Waals surface area contributed by atoms with E-state index in [-0.39, 0.29) is 5.91 Å². The standard InChI is InChI=1S/C15H20N4OS/c1-9-8-10(2)17-15-11(9)12(16)13(21-15)14(20)18-19-6-4-3-5-7-19/h8H,3-7,16H2,1-2H3,(H,18,20). The number of thiophene rings is 1. The summed E-state index contributed by atoms with van der Waals surface area (Å²) in [6.45, 7) is 5.78. The van der Waals surface area contributed by atoms with Crippen LogP contribution in [0.5, 0.6) is 0 Å². The zero-order valence-corrected chi connectivity index (χ0v) is 13.2. The maximum Gasteiger partial charge on any atom is 0.277 e. The molecule has 0 saturated carbocycles. The van der Waals surface area contributed by atoms with Gasteiger partial charge in [-0.2, -0.15) is 0 Å². The zero-order chi connectivity index (χ0) is 15.0. The fourth-order valence-electron chi connectivity index (χ4n) is 2.84. The molecular formula is C15H20N4OS. The molecule has 1 saturated heterocycles. The van der Waals surface area contributed by atoms with Crippen molar-refractivity contribution in [2.75, 3.05) is 18.8 Å². The minimum absolute atomic E-state index is 0.116. The highest BCUT2D eigenvalue weighted by molar-refractivity contribution is 7.21. The zero-order valence-electron chi connectivity index (χ0n) is 12.4. The first-order chi connectivity index (χ1) is 10.1. The van der Waals surface area contributed by atoms with E-state index in [4.69, 9.17) is 5.73 Å². The average Bonchev–Trinajstić information content (AvgIpc) is 2.77. The normalized spacial score (nSPS) is 16.3. The van der Waals surface area contributed by atoms with Crippen molar-refractivity contribution < 1.29 is 4.79 Å². The average molecular weight is 304 g/mol. The Hall–Kier alpha value is -1.66. The number of hydrogen-bond donors (Lipinski definition) is 2. The van der Waals surface area contributed by atoms with Gasteiger partial charge in [0.25, 0.3) is 5.91 Å². The molecule has 0 unspecified atom stereocenters. The summed E-state index contributed by atoms with van der Waals surface area (Å²) in [7, 11) is 0. The van der Waals surface area contributed by atoms with Crippen LogP contribution in [0.1, 0.15) is 40.2 Å². The van der Waals surface area contributed by atoms with Crippen molar-refractivity contribution in [3.63, 3.8) is 0 Å². The first-order valence-electron chi connectivity index (χ1n) is 7.28. The molecule has 21 heavy (non-hydrogen) atoms. The second-order valence-corrected chi connectivity index (χ2v) is 6.59. The molecule has 0 aliphatic carbocycles. The van der Waals surface area contributed by atoms with Gasteiger partial charge in [-0.25, -0.2) is 9.99 Å². The predicted octanol–water partition coefficient (Wildman–Crippen LogP) is 2.63. The number of carbonyl (C=O) groups excluding carboxylic acids is 1. The molecular weight excluding hydrogens is 284 g/mol. The molecule has 3 rings (SSSR count). The van der Waals surface area contributed by atoms with Gasteiger partial charge in [0.15, 0.2) is 0 Å². The number of nitrogens with two attached hydrogens (primary N) is 1. The first-order valence-corrected chi connectivity index (χ1v) is 8.10. The molecule has 2 aromatic rings. The van der Waals surface area contributed by atoms with Gasteiger partial charge in [0.1, 0.15) is 9.71 Å². The number of pyridine rings is 1. The summed E-state index contributed by atoms with van der Waals surface area (Å²) in [5.74, 6) is -0.116. The number of piperidine rings is 1.